The SMILES string of the molecule is Cc1cnccc1N1CCCN(CCC2OCCCO2)CC1. The number of anilines is 1. The fourth-order valence-electron chi connectivity index (χ4n) is 3.25. The van der Waals surface area contributed by atoms with Gasteiger partial charge in [0, 0.05) is 50.7 Å². The molecular weight excluding hydrogens is 278 g/mol. The van der Waals surface area contributed by atoms with Crippen LogP contribution in [0.25, 0.3) is 0 Å². The minimum atomic E-state index is 0.00977. The molecule has 5 heteroatoms. The molecule has 0 bridgehead atoms. The van der Waals surface area contributed by atoms with Gasteiger partial charge in [-0.05, 0) is 37.9 Å². The van der Waals surface area contributed by atoms with Crippen molar-refractivity contribution in [2.45, 2.75) is 32.5 Å². The molecule has 122 valence electrons. The van der Waals surface area contributed by atoms with Gasteiger partial charge in [0.15, 0.2) is 6.29 Å². The summed E-state index contributed by atoms with van der Waals surface area (Å²) in [4.78, 5) is 9.22. The van der Waals surface area contributed by atoms with E-state index in [-0.39, 0.29) is 6.29 Å². The lowest BCUT2D eigenvalue weighted by atomic mass is 10.2. The maximum atomic E-state index is 5.64. The van der Waals surface area contributed by atoms with Crippen molar-refractivity contribution in [3.8, 4) is 0 Å². The zero-order valence-corrected chi connectivity index (χ0v) is 13.5. The molecule has 0 spiro atoms. The monoisotopic (exact) mass is 305 g/mol. The molecule has 0 radical (unpaired) electrons. The molecule has 5 nitrogen and oxygen atoms in total. The Balaban J connectivity index is 1.48. The number of rotatable bonds is 4. The normalized spacial score (nSPS) is 21.8. The molecule has 0 saturated carbocycles. The van der Waals surface area contributed by atoms with Crippen LogP contribution in [0.5, 0.6) is 0 Å². The Morgan fingerprint density at radius 3 is 2.82 bits per heavy atom. The largest absolute Gasteiger partial charge is 0.370 e. The second-order valence-corrected chi connectivity index (χ2v) is 6.16. The Morgan fingerprint density at radius 2 is 2.00 bits per heavy atom. The van der Waals surface area contributed by atoms with Crippen LogP contribution in [0.3, 0.4) is 0 Å². The van der Waals surface area contributed by atoms with E-state index >= 15 is 0 Å². The Hall–Kier alpha value is -1.17. The smallest absolute Gasteiger partial charge is 0.158 e. The number of aryl methyl sites for hydroxylation is 1. The van der Waals surface area contributed by atoms with Crippen LogP contribution in [-0.2, 0) is 9.47 Å². The molecule has 2 aliphatic rings. The Morgan fingerprint density at radius 1 is 1.14 bits per heavy atom. The summed E-state index contributed by atoms with van der Waals surface area (Å²) in [6.07, 6.45) is 7.07. The Labute approximate surface area is 133 Å². The van der Waals surface area contributed by atoms with Crippen molar-refractivity contribution in [1.29, 1.82) is 0 Å². The van der Waals surface area contributed by atoms with Gasteiger partial charge in [0.25, 0.3) is 0 Å². The van der Waals surface area contributed by atoms with Crippen LogP contribution in [-0.4, -0.2) is 62.1 Å². The Kier molecular flexibility index (Phi) is 5.64. The van der Waals surface area contributed by atoms with Gasteiger partial charge in [-0.3, -0.25) is 4.98 Å². The molecule has 0 N–H and O–H groups in total. The molecule has 0 unspecified atom stereocenters. The van der Waals surface area contributed by atoms with Crippen LogP contribution in [0.2, 0.25) is 0 Å². The van der Waals surface area contributed by atoms with E-state index in [9.17, 15) is 0 Å². The number of ether oxygens (including phenoxy) is 2. The molecule has 1 aromatic rings. The summed E-state index contributed by atoms with van der Waals surface area (Å²) in [6, 6.07) is 2.13. The van der Waals surface area contributed by atoms with Crippen molar-refractivity contribution in [3.05, 3.63) is 24.0 Å². The minimum absolute atomic E-state index is 0.00977. The zero-order chi connectivity index (χ0) is 15.2. The number of aromatic nitrogens is 1. The quantitative estimate of drug-likeness (QED) is 0.851. The van der Waals surface area contributed by atoms with E-state index in [0.717, 1.165) is 58.8 Å². The van der Waals surface area contributed by atoms with Crippen LogP contribution in [0.1, 0.15) is 24.8 Å². The van der Waals surface area contributed by atoms with Crippen molar-refractivity contribution in [2.75, 3.05) is 50.8 Å². The third-order valence-electron chi connectivity index (χ3n) is 4.50. The van der Waals surface area contributed by atoms with Gasteiger partial charge in [-0.25, -0.2) is 0 Å². The van der Waals surface area contributed by atoms with Crippen LogP contribution in [0.15, 0.2) is 18.5 Å². The molecule has 3 heterocycles. The van der Waals surface area contributed by atoms with Crippen molar-refractivity contribution < 1.29 is 9.47 Å². The van der Waals surface area contributed by atoms with E-state index in [1.165, 1.54) is 17.7 Å². The molecule has 3 rings (SSSR count). The van der Waals surface area contributed by atoms with Crippen molar-refractivity contribution >= 4 is 5.69 Å². The van der Waals surface area contributed by atoms with Gasteiger partial charge < -0.3 is 19.3 Å². The average Bonchev–Trinajstić information content (AvgIpc) is 2.80. The molecular formula is C17H27N3O2. The first-order valence-corrected chi connectivity index (χ1v) is 8.44. The minimum Gasteiger partial charge on any atom is -0.370 e. The standard InChI is InChI=1S/C17H27N3O2/c1-15-14-18-6-4-16(15)20-8-2-7-19(10-11-20)9-5-17-21-12-3-13-22-17/h4,6,14,17H,2-3,5,7-13H2,1H3. The lowest BCUT2D eigenvalue weighted by molar-refractivity contribution is -0.182. The number of pyridine rings is 1. The highest BCUT2D eigenvalue weighted by atomic mass is 16.7. The molecule has 22 heavy (non-hydrogen) atoms. The van der Waals surface area contributed by atoms with E-state index in [2.05, 4.69) is 27.8 Å². The van der Waals surface area contributed by atoms with E-state index < -0.39 is 0 Å². The lowest BCUT2D eigenvalue weighted by Crippen LogP contribution is -2.34. The van der Waals surface area contributed by atoms with Crippen LogP contribution in [0, 0.1) is 6.92 Å². The molecule has 1 aromatic heterocycles. The summed E-state index contributed by atoms with van der Waals surface area (Å²) < 4.78 is 11.3. The fourth-order valence-corrected chi connectivity index (χ4v) is 3.25. The van der Waals surface area contributed by atoms with Gasteiger partial charge in [0.05, 0.1) is 13.2 Å². The lowest BCUT2D eigenvalue weighted by Gasteiger charge is -2.27. The van der Waals surface area contributed by atoms with E-state index in [0.29, 0.717) is 0 Å². The molecule has 2 aliphatic heterocycles. The number of hydrogen-bond donors (Lipinski definition) is 0. The maximum Gasteiger partial charge on any atom is 0.158 e. The van der Waals surface area contributed by atoms with Crippen LogP contribution in [0.4, 0.5) is 5.69 Å². The summed E-state index contributed by atoms with van der Waals surface area (Å²) in [6.45, 7) is 9.37. The molecule has 2 saturated heterocycles. The second-order valence-electron chi connectivity index (χ2n) is 6.16. The first-order chi connectivity index (χ1) is 10.8. The summed E-state index contributed by atoms with van der Waals surface area (Å²) in [5.74, 6) is 0. The number of nitrogens with zero attached hydrogens (tertiary/aromatic N) is 3. The predicted octanol–water partition coefficient (Wildman–Crippen LogP) is 2.06. The Bertz CT molecular complexity index is 463. The molecule has 0 aromatic carbocycles. The van der Waals surface area contributed by atoms with Gasteiger partial charge in [-0.2, -0.15) is 0 Å². The first-order valence-electron chi connectivity index (χ1n) is 8.44. The van der Waals surface area contributed by atoms with Gasteiger partial charge in [0.2, 0.25) is 0 Å². The van der Waals surface area contributed by atoms with E-state index in [1.54, 1.807) is 0 Å². The van der Waals surface area contributed by atoms with Crippen molar-refractivity contribution in [1.82, 2.24) is 9.88 Å². The topological polar surface area (TPSA) is 37.8 Å². The van der Waals surface area contributed by atoms with Crippen molar-refractivity contribution in [2.24, 2.45) is 0 Å². The van der Waals surface area contributed by atoms with Gasteiger partial charge in [-0.1, -0.05) is 0 Å². The second kappa shape index (κ2) is 7.90. The third kappa shape index (κ3) is 4.18. The average molecular weight is 305 g/mol. The highest BCUT2D eigenvalue weighted by Gasteiger charge is 2.19. The van der Waals surface area contributed by atoms with Gasteiger partial charge in [-0.15, -0.1) is 0 Å². The fraction of sp³-hybridized carbons (Fsp3) is 0.706. The van der Waals surface area contributed by atoms with Crippen LogP contribution < -0.4 is 4.90 Å². The summed E-state index contributed by atoms with van der Waals surface area (Å²) in [5.41, 5.74) is 2.59. The first kappa shape index (κ1) is 15.7. The van der Waals surface area contributed by atoms with Crippen molar-refractivity contribution in [3.63, 3.8) is 0 Å². The highest BCUT2D eigenvalue weighted by molar-refractivity contribution is 5.51. The molecule has 0 atom stereocenters. The summed E-state index contributed by atoms with van der Waals surface area (Å²) in [5, 5.41) is 0. The van der Waals surface area contributed by atoms with Gasteiger partial charge in [0.1, 0.15) is 0 Å². The summed E-state index contributed by atoms with van der Waals surface area (Å²) >= 11 is 0. The molecule has 0 amide bonds. The zero-order valence-electron chi connectivity index (χ0n) is 13.5. The maximum absolute atomic E-state index is 5.64. The molecule has 0 aliphatic carbocycles. The van der Waals surface area contributed by atoms with Gasteiger partial charge >= 0.3 is 0 Å². The predicted molar refractivity (Wildman–Crippen MR) is 87.2 cm³/mol. The third-order valence-corrected chi connectivity index (χ3v) is 4.50. The number of hydrogen-bond acceptors (Lipinski definition) is 5. The van der Waals surface area contributed by atoms with E-state index in [4.69, 9.17) is 9.47 Å². The highest BCUT2D eigenvalue weighted by Crippen LogP contribution is 2.20. The summed E-state index contributed by atoms with van der Waals surface area (Å²) in [7, 11) is 0. The molecule has 2 fully saturated rings. The van der Waals surface area contributed by atoms with Crippen LogP contribution >= 0.6 is 0 Å². The van der Waals surface area contributed by atoms with E-state index in [1.807, 2.05) is 12.4 Å².